The number of aryl methyl sites for hydroxylation is 1. The molecule has 106 valence electrons. The molecule has 0 saturated heterocycles. The minimum Gasteiger partial charge on any atom is -0.439 e. The summed E-state index contributed by atoms with van der Waals surface area (Å²) in [6.45, 7) is 6.22. The van der Waals surface area contributed by atoms with Crippen LogP contribution in [0.4, 0.5) is 0 Å². The van der Waals surface area contributed by atoms with E-state index >= 15 is 0 Å². The van der Waals surface area contributed by atoms with E-state index in [0.29, 0.717) is 5.88 Å². The summed E-state index contributed by atoms with van der Waals surface area (Å²) < 4.78 is 5.83. The lowest BCUT2D eigenvalue weighted by molar-refractivity contribution is 0.458. The molecule has 2 aromatic rings. The highest BCUT2D eigenvalue weighted by molar-refractivity contribution is 5.40. The van der Waals surface area contributed by atoms with Crippen LogP contribution in [0.15, 0.2) is 36.5 Å². The van der Waals surface area contributed by atoms with Gasteiger partial charge >= 0.3 is 0 Å². The van der Waals surface area contributed by atoms with Crippen molar-refractivity contribution in [3.05, 3.63) is 53.2 Å². The normalized spacial score (nSPS) is 12.2. The van der Waals surface area contributed by atoms with Crippen LogP contribution < -0.4 is 10.5 Å². The van der Waals surface area contributed by atoms with E-state index in [-0.39, 0.29) is 6.04 Å². The fraction of sp³-hybridized carbons (Fsp3) is 0.353. The Bertz CT molecular complexity index is 564. The van der Waals surface area contributed by atoms with E-state index in [2.05, 4.69) is 31.8 Å². The van der Waals surface area contributed by atoms with Gasteiger partial charge in [-0.25, -0.2) is 4.98 Å². The van der Waals surface area contributed by atoms with Gasteiger partial charge in [0.15, 0.2) is 0 Å². The van der Waals surface area contributed by atoms with Gasteiger partial charge in [0.2, 0.25) is 5.88 Å². The van der Waals surface area contributed by atoms with Gasteiger partial charge in [-0.3, -0.25) is 0 Å². The molecular formula is C17H22N2O. The summed E-state index contributed by atoms with van der Waals surface area (Å²) >= 11 is 0. The molecule has 0 aliphatic rings. The highest BCUT2D eigenvalue weighted by Crippen LogP contribution is 2.25. The molecule has 0 aliphatic carbocycles. The average Bonchev–Trinajstić information content (AvgIpc) is 2.46. The van der Waals surface area contributed by atoms with Gasteiger partial charge in [-0.1, -0.05) is 25.1 Å². The Morgan fingerprint density at radius 1 is 1.20 bits per heavy atom. The van der Waals surface area contributed by atoms with E-state index in [1.165, 1.54) is 5.56 Å². The molecule has 0 aliphatic heterocycles. The molecule has 0 bridgehead atoms. The van der Waals surface area contributed by atoms with E-state index < -0.39 is 0 Å². The zero-order chi connectivity index (χ0) is 14.5. The third-order valence-electron chi connectivity index (χ3n) is 3.59. The molecule has 1 aromatic carbocycles. The molecule has 3 nitrogen and oxygen atoms in total. The summed E-state index contributed by atoms with van der Waals surface area (Å²) in [6.07, 6.45) is 3.67. The van der Waals surface area contributed by atoms with Crippen molar-refractivity contribution in [3.8, 4) is 11.6 Å². The maximum absolute atomic E-state index is 5.94. The van der Waals surface area contributed by atoms with Crippen LogP contribution in [-0.4, -0.2) is 11.0 Å². The van der Waals surface area contributed by atoms with Gasteiger partial charge < -0.3 is 10.5 Å². The molecule has 0 spiro atoms. The summed E-state index contributed by atoms with van der Waals surface area (Å²) in [5, 5.41) is 0. The number of ether oxygens (including phenoxy) is 1. The minimum atomic E-state index is 0.197. The third-order valence-corrected chi connectivity index (χ3v) is 3.59. The fourth-order valence-electron chi connectivity index (χ4n) is 1.99. The quantitative estimate of drug-likeness (QED) is 0.899. The van der Waals surface area contributed by atoms with Crippen molar-refractivity contribution in [1.29, 1.82) is 0 Å². The zero-order valence-electron chi connectivity index (χ0n) is 12.4. The van der Waals surface area contributed by atoms with Crippen LogP contribution >= 0.6 is 0 Å². The second-order valence-electron chi connectivity index (χ2n) is 5.18. The molecular weight excluding hydrogens is 248 g/mol. The number of nitrogens with two attached hydrogens (primary N) is 1. The average molecular weight is 270 g/mol. The SMILES string of the molecule is CCC(N)Cc1ccc(Oc2cccc(C)c2C)nc1. The van der Waals surface area contributed by atoms with Crippen molar-refractivity contribution in [2.24, 2.45) is 5.73 Å². The van der Waals surface area contributed by atoms with E-state index in [1.54, 1.807) is 0 Å². The van der Waals surface area contributed by atoms with Crippen molar-refractivity contribution < 1.29 is 4.74 Å². The van der Waals surface area contributed by atoms with Crippen LogP contribution in [0.1, 0.15) is 30.0 Å². The predicted octanol–water partition coefficient (Wildman–Crippen LogP) is 3.77. The highest BCUT2D eigenvalue weighted by atomic mass is 16.5. The smallest absolute Gasteiger partial charge is 0.219 e. The Labute approximate surface area is 120 Å². The van der Waals surface area contributed by atoms with Crippen molar-refractivity contribution in [2.75, 3.05) is 0 Å². The first-order chi connectivity index (χ1) is 9.60. The Kier molecular flexibility index (Phi) is 4.74. The highest BCUT2D eigenvalue weighted by Gasteiger charge is 2.06. The first-order valence-electron chi connectivity index (χ1n) is 7.04. The summed E-state index contributed by atoms with van der Waals surface area (Å²) in [7, 11) is 0. The van der Waals surface area contributed by atoms with Crippen LogP contribution in [-0.2, 0) is 6.42 Å². The van der Waals surface area contributed by atoms with E-state index in [1.807, 2.05) is 30.5 Å². The lowest BCUT2D eigenvalue weighted by atomic mass is 10.1. The van der Waals surface area contributed by atoms with Gasteiger partial charge in [-0.2, -0.15) is 0 Å². The molecule has 1 heterocycles. The van der Waals surface area contributed by atoms with Crippen molar-refractivity contribution in [1.82, 2.24) is 4.98 Å². The van der Waals surface area contributed by atoms with Gasteiger partial charge in [0.25, 0.3) is 0 Å². The van der Waals surface area contributed by atoms with Crippen LogP contribution in [0.3, 0.4) is 0 Å². The summed E-state index contributed by atoms with van der Waals surface area (Å²) in [5.41, 5.74) is 9.45. The van der Waals surface area contributed by atoms with Crippen molar-refractivity contribution >= 4 is 0 Å². The van der Waals surface area contributed by atoms with Gasteiger partial charge in [-0.15, -0.1) is 0 Å². The van der Waals surface area contributed by atoms with E-state index in [0.717, 1.165) is 29.7 Å². The molecule has 1 unspecified atom stereocenters. The Hall–Kier alpha value is -1.87. The molecule has 1 atom stereocenters. The first-order valence-corrected chi connectivity index (χ1v) is 7.04. The second kappa shape index (κ2) is 6.53. The maximum atomic E-state index is 5.94. The Morgan fingerprint density at radius 3 is 2.65 bits per heavy atom. The van der Waals surface area contributed by atoms with Crippen molar-refractivity contribution in [3.63, 3.8) is 0 Å². The van der Waals surface area contributed by atoms with Crippen LogP contribution in [0.5, 0.6) is 11.6 Å². The van der Waals surface area contributed by atoms with E-state index in [4.69, 9.17) is 10.5 Å². The van der Waals surface area contributed by atoms with Crippen LogP contribution in [0, 0.1) is 13.8 Å². The Balaban J connectivity index is 2.09. The third kappa shape index (κ3) is 3.58. The summed E-state index contributed by atoms with van der Waals surface area (Å²) in [6, 6.07) is 10.2. The van der Waals surface area contributed by atoms with E-state index in [9.17, 15) is 0 Å². The number of nitrogens with zero attached hydrogens (tertiary/aromatic N) is 1. The van der Waals surface area contributed by atoms with Gasteiger partial charge in [0, 0.05) is 18.3 Å². The number of aromatic nitrogens is 1. The standard InChI is InChI=1S/C17H22N2O/c1-4-15(18)10-14-8-9-17(19-11-14)20-16-7-5-6-12(2)13(16)3/h5-9,11,15H,4,10,18H2,1-3H3. The van der Waals surface area contributed by atoms with Gasteiger partial charge in [0.05, 0.1) is 0 Å². The number of hydrogen-bond donors (Lipinski definition) is 1. The zero-order valence-corrected chi connectivity index (χ0v) is 12.4. The topological polar surface area (TPSA) is 48.1 Å². The Morgan fingerprint density at radius 2 is 2.00 bits per heavy atom. The molecule has 2 N–H and O–H groups in total. The molecule has 0 fully saturated rings. The van der Waals surface area contributed by atoms with Gasteiger partial charge in [-0.05, 0) is 49.4 Å². The summed E-state index contributed by atoms with van der Waals surface area (Å²) in [5.74, 6) is 1.48. The largest absolute Gasteiger partial charge is 0.439 e. The molecule has 1 aromatic heterocycles. The molecule has 0 amide bonds. The number of hydrogen-bond acceptors (Lipinski definition) is 3. The molecule has 20 heavy (non-hydrogen) atoms. The maximum Gasteiger partial charge on any atom is 0.219 e. The summed E-state index contributed by atoms with van der Waals surface area (Å²) in [4.78, 5) is 4.35. The minimum absolute atomic E-state index is 0.197. The number of pyridine rings is 1. The molecule has 0 radical (unpaired) electrons. The molecule has 2 rings (SSSR count). The molecule has 3 heteroatoms. The lowest BCUT2D eigenvalue weighted by Crippen LogP contribution is -2.21. The predicted molar refractivity (Wildman–Crippen MR) is 82.2 cm³/mol. The molecule has 0 saturated carbocycles. The lowest BCUT2D eigenvalue weighted by Gasteiger charge is -2.11. The van der Waals surface area contributed by atoms with Crippen LogP contribution in [0.2, 0.25) is 0 Å². The number of rotatable bonds is 5. The fourth-order valence-corrected chi connectivity index (χ4v) is 1.99. The van der Waals surface area contributed by atoms with Crippen molar-refractivity contribution in [2.45, 2.75) is 39.7 Å². The monoisotopic (exact) mass is 270 g/mol. The van der Waals surface area contributed by atoms with Crippen LogP contribution in [0.25, 0.3) is 0 Å². The van der Waals surface area contributed by atoms with Gasteiger partial charge in [0.1, 0.15) is 5.75 Å². The first kappa shape index (κ1) is 14.5. The second-order valence-corrected chi connectivity index (χ2v) is 5.18. The number of benzene rings is 1.